The Kier molecular flexibility index (Phi) is 3.58. The number of halogens is 2. The van der Waals surface area contributed by atoms with Crippen LogP contribution in [0.4, 0.5) is 10.1 Å². The van der Waals surface area contributed by atoms with Crippen LogP contribution in [0.1, 0.15) is 26.3 Å². The van der Waals surface area contributed by atoms with E-state index in [4.69, 9.17) is 11.6 Å². The fourth-order valence-corrected chi connectivity index (χ4v) is 2.85. The van der Waals surface area contributed by atoms with E-state index in [1.807, 2.05) is 0 Å². The normalized spacial score (nSPS) is 16.3. The van der Waals surface area contributed by atoms with Crippen molar-refractivity contribution >= 4 is 29.0 Å². The molecular formula is C16H10ClFNO3-. The molecule has 6 heteroatoms. The number of hydrogen-bond donors (Lipinski definition) is 1. The van der Waals surface area contributed by atoms with E-state index in [0.29, 0.717) is 5.69 Å². The second kappa shape index (κ2) is 5.42. The number of Topliss-reactive ketones (excluding diaryl/α,β-unsaturated/α-hetero) is 1. The largest absolute Gasteiger partial charge is 0.545 e. The lowest BCUT2D eigenvalue weighted by atomic mass is 9.98. The summed E-state index contributed by atoms with van der Waals surface area (Å²) in [4.78, 5) is 23.5. The number of carboxylic acid groups (broad SMARTS) is 1. The van der Waals surface area contributed by atoms with E-state index in [2.05, 4.69) is 5.32 Å². The third kappa shape index (κ3) is 2.33. The monoisotopic (exact) mass is 318 g/mol. The van der Waals surface area contributed by atoms with Crippen molar-refractivity contribution in [1.82, 2.24) is 0 Å². The van der Waals surface area contributed by atoms with Gasteiger partial charge in [0.05, 0.1) is 17.6 Å². The van der Waals surface area contributed by atoms with E-state index < -0.39 is 23.6 Å². The van der Waals surface area contributed by atoms with Gasteiger partial charge < -0.3 is 15.2 Å². The minimum Gasteiger partial charge on any atom is -0.545 e. The van der Waals surface area contributed by atoms with Crippen LogP contribution in [-0.2, 0) is 6.42 Å². The molecule has 0 spiro atoms. The number of nitrogens with one attached hydrogen (secondary N) is 1. The van der Waals surface area contributed by atoms with Crippen LogP contribution < -0.4 is 10.4 Å². The van der Waals surface area contributed by atoms with Crippen molar-refractivity contribution in [2.24, 2.45) is 0 Å². The smallest absolute Gasteiger partial charge is 0.188 e. The van der Waals surface area contributed by atoms with Crippen molar-refractivity contribution in [3.05, 3.63) is 63.9 Å². The summed E-state index contributed by atoms with van der Waals surface area (Å²) in [6.45, 7) is 0. The number of ketones is 1. The van der Waals surface area contributed by atoms with Gasteiger partial charge in [-0.1, -0.05) is 29.8 Å². The Labute approximate surface area is 130 Å². The van der Waals surface area contributed by atoms with E-state index in [0.717, 1.165) is 0 Å². The topological polar surface area (TPSA) is 69.2 Å². The zero-order valence-electron chi connectivity index (χ0n) is 11.2. The fraction of sp³-hybridized carbons (Fsp3) is 0.125. The van der Waals surface area contributed by atoms with Gasteiger partial charge in [-0.25, -0.2) is 4.39 Å². The molecule has 22 heavy (non-hydrogen) atoms. The Hall–Kier alpha value is -2.40. The highest BCUT2D eigenvalue weighted by Gasteiger charge is 2.33. The van der Waals surface area contributed by atoms with Gasteiger partial charge in [-0.05, 0) is 18.2 Å². The molecule has 1 heterocycles. The van der Waals surface area contributed by atoms with Gasteiger partial charge in [0.25, 0.3) is 0 Å². The van der Waals surface area contributed by atoms with Crippen molar-refractivity contribution in [2.75, 3.05) is 5.32 Å². The Balaban J connectivity index is 1.95. The van der Waals surface area contributed by atoms with E-state index in [1.165, 1.54) is 24.3 Å². The summed E-state index contributed by atoms with van der Waals surface area (Å²) < 4.78 is 13.8. The Bertz CT molecular complexity index is 771. The fourth-order valence-electron chi connectivity index (χ4n) is 2.61. The average Bonchev–Trinajstić information content (AvgIpc) is 2.79. The molecular weight excluding hydrogens is 309 g/mol. The summed E-state index contributed by atoms with van der Waals surface area (Å²) in [6.07, 6.45) is 0.0332. The number of hydrogen-bond acceptors (Lipinski definition) is 4. The van der Waals surface area contributed by atoms with Crippen LogP contribution in [0.2, 0.25) is 5.02 Å². The summed E-state index contributed by atoms with van der Waals surface area (Å²) in [5.74, 6) is -2.33. The highest BCUT2D eigenvalue weighted by Crippen LogP contribution is 2.31. The number of anilines is 1. The van der Waals surface area contributed by atoms with Crippen LogP contribution in [0, 0.1) is 5.82 Å². The van der Waals surface area contributed by atoms with Crippen molar-refractivity contribution in [1.29, 1.82) is 0 Å². The molecule has 0 bridgehead atoms. The number of carbonyl (C=O) groups is 2. The molecule has 2 aromatic rings. The van der Waals surface area contributed by atoms with Gasteiger partial charge in [-0.3, -0.25) is 4.79 Å². The Morgan fingerprint density at radius 1 is 1.27 bits per heavy atom. The lowest BCUT2D eigenvalue weighted by Gasteiger charge is -2.12. The van der Waals surface area contributed by atoms with E-state index in [-0.39, 0.29) is 28.1 Å². The Morgan fingerprint density at radius 3 is 2.68 bits per heavy atom. The molecule has 1 aliphatic rings. The third-order valence-corrected chi connectivity index (χ3v) is 4.00. The summed E-state index contributed by atoms with van der Waals surface area (Å²) in [5.41, 5.74) is 0.527. The van der Waals surface area contributed by atoms with Gasteiger partial charge >= 0.3 is 0 Å². The van der Waals surface area contributed by atoms with Crippen LogP contribution >= 0.6 is 11.6 Å². The van der Waals surface area contributed by atoms with Gasteiger partial charge in [0, 0.05) is 28.3 Å². The maximum atomic E-state index is 13.8. The highest BCUT2D eigenvalue weighted by atomic mass is 35.5. The lowest BCUT2D eigenvalue weighted by molar-refractivity contribution is -0.255. The molecule has 0 radical (unpaired) electrons. The van der Waals surface area contributed by atoms with Gasteiger partial charge in [0.2, 0.25) is 0 Å². The average molecular weight is 319 g/mol. The second-order valence-corrected chi connectivity index (χ2v) is 5.39. The van der Waals surface area contributed by atoms with Crippen LogP contribution in [0.5, 0.6) is 0 Å². The van der Waals surface area contributed by atoms with Gasteiger partial charge in [-0.15, -0.1) is 0 Å². The molecule has 0 saturated heterocycles. The minimum absolute atomic E-state index is 0.0332. The molecule has 0 amide bonds. The molecule has 0 aliphatic carbocycles. The van der Waals surface area contributed by atoms with E-state index >= 15 is 0 Å². The van der Waals surface area contributed by atoms with E-state index in [9.17, 15) is 19.1 Å². The number of carboxylic acids is 1. The standard InChI is InChI=1S/C16H11ClFNO3/c17-10-4-2-5-11(18)9(10)7-13-15(20)14-8(16(21)22)3-1-6-12(14)19-13/h1-6,13,19H,7H2,(H,21,22)/p-1/t13-/m1/s1. The highest BCUT2D eigenvalue weighted by molar-refractivity contribution is 6.31. The first kappa shape index (κ1) is 14.5. The number of rotatable bonds is 3. The number of carbonyl (C=O) groups excluding carboxylic acids is 2. The van der Waals surface area contributed by atoms with Gasteiger partial charge in [0.1, 0.15) is 5.82 Å². The number of benzene rings is 2. The predicted octanol–water partition coefficient (Wildman–Crippen LogP) is 2.06. The second-order valence-electron chi connectivity index (χ2n) is 4.98. The summed E-state index contributed by atoms with van der Waals surface area (Å²) in [6, 6.07) is 7.95. The molecule has 4 nitrogen and oxygen atoms in total. The van der Waals surface area contributed by atoms with Crippen molar-refractivity contribution in [2.45, 2.75) is 12.5 Å². The molecule has 0 aromatic heterocycles. The van der Waals surface area contributed by atoms with Crippen LogP contribution in [0.3, 0.4) is 0 Å². The molecule has 112 valence electrons. The summed E-state index contributed by atoms with van der Waals surface area (Å²) in [5, 5.41) is 14.3. The summed E-state index contributed by atoms with van der Waals surface area (Å²) in [7, 11) is 0. The molecule has 1 atom stereocenters. The molecule has 0 fully saturated rings. The first-order valence-electron chi connectivity index (χ1n) is 6.57. The third-order valence-electron chi connectivity index (χ3n) is 3.65. The van der Waals surface area contributed by atoms with Crippen LogP contribution in [0.25, 0.3) is 0 Å². The SMILES string of the molecule is O=C([O-])c1cccc2c1C(=O)[C@@H](Cc1c(F)cccc1Cl)N2. The molecule has 3 rings (SSSR count). The number of aromatic carboxylic acids is 1. The zero-order valence-corrected chi connectivity index (χ0v) is 12.0. The van der Waals surface area contributed by atoms with Crippen molar-refractivity contribution in [3.63, 3.8) is 0 Å². The van der Waals surface area contributed by atoms with Crippen LogP contribution in [0.15, 0.2) is 36.4 Å². The summed E-state index contributed by atoms with van der Waals surface area (Å²) >= 11 is 5.97. The van der Waals surface area contributed by atoms with Crippen molar-refractivity contribution in [3.8, 4) is 0 Å². The molecule has 2 aromatic carbocycles. The maximum absolute atomic E-state index is 13.8. The first-order valence-corrected chi connectivity index (χ1v) is 6.95. The number of fused-ring (bicyclic) bond motifs is 1. The first-order chi connectivity index (χ1) is 10.5. The molecule has 1 N–H and O–H groups in total. The van der Waals surface area contributed by atoms with Crippen molar-refractivity contribution < 1.29 is 19.1 Å². The predicted molar refractivity (Wildman–Crippen MR) is 77.6 cm³/mol. The molecule has 0 saturated carbocycles. The minimum atomic E-state index is -1.42. The van der Waals surface area contributed by atoms with Gasteiger partial charge in [0.15, 0.2) is 5.78 Å². The maximum Gasteiger partial charge on any atom is 0.188 e. The van der Waals surface area contributed by atoms with Crippen LogP contribution in [-0.4, -0.2) is 17.8 Å². The zero-order chi connectivity index (χ0) is 15.9. The van der Waals surface area contributed by atoms with E-state index in [1.54, 1.807) is 12.1 Å². The Morgan fingerprint density at radius 2 is 2.00 bits per heavy atom. The molecule has 1 aliphatic heterocycles. The molecule has 0 unspecified atom stereocenters. The lowest BCUT2D eigenvalue weighted by Crippen LogP contribution is -2.28. The van der Waals surface area contributed by atoms with Gasteiger partial charge in [-0.2, -0.15) is 0 Å². The quantitative estimate of drug-likeness (QED) is 0.940.